The van der Waals surface area contributed by atoms with Gasteiger partial charge in [0.2, 0.25) is 12.7 Å². The van der Waals surface area contributed by atoms with E-state index in [0.717, 1.165) is 0 Å². The van der Waals surface area contributed by atoms with Gasteiger partial charge in [0.05, 0.1) is 22.9 Å². The summed E-state index contributed by atoms with van der Waals surface area (Å²) in [6.45, 7) is 0.158. The average molecular weight is 465 g/mol. The number of thioether (sulfide) groups is 1. The third-order valence-electron chi connectivity index (χ3n) is 4.10. The minimum atomic E-state index is -0.550. The molecule has 2 aromatic carbocycles. The van der Waals surface area contributed by atoms with E-state index in [4.69, 9.17) is 21.1 Å². The smallest absolute Gasteiger partial charge is 0.231 e. The van der Waals surface area contributed by atoms with Crippen molar-refractivity contribution in [2.45, 2.75) is 10.8 Å². The summed E-state index contributed by atoms with van der Waals surface area (Å²) in [6, 6.07) is 9.06. The molecule has 1 aliphatic rings. The molecule has 1 aromatic heterocycles. The van der Waals surface area contributed by atoms with E-state index in [9.17, 15) is 14.0 Å². The van der Waals surface area contributed by atoms with Crippen molar-refractivity contribution in [2.24, 2.45) is 0 Å². The van der Waals surface area contributed by atoms with E-state index in [0.29, 0.717) is 32.8 Å². The third-order valence-corrected chi connectivity index (χ3v) is 6.46. The molecule has 2 heterocycles. The lowest BCUT2D eigenvalue weighted by Crippen LogP contribution is -2.14. The highest BCUT2D eigenvalue weighted by Crippen LogP contribution is 2.33. The standard InChI is InChI=1S/C20H14ClFN2O4S2/c21-14-6-12(2-3-15(14)22)23-19(26)7-13-8-29-20(24-13)30-9-16(25)11-1-4-17-18(5-11)28-10-27-17/h1-6,8H,7,9-10H2,(H,23,26). The van der Waals surface area contributed by atoms with Crippen LogP contribution >= 0.6 is 34.7 Å². The van der Waals surface area contributed by atoms with Crippen LogP contribution in [0.25, 0.3) is 0 Å². The molecule has 0 fully saturated rings. The van der Waals surface area contributed by atoms with E-state index in [1.54, 1.807) is 23.6 Å². The molecule has 3 aromatic rings. The van der Waals surface area contributed by atoms with Crippen LogP contribution in [0.1, 0.15) is 16.1 Å². The molecule has 0 atom stereocenters. The molecule has 0 saturated heterocycles. The first kappa shape index (κ1) is 20.6. The number of amides is 1. The lowest BCUT2D eigenvalue weighted by molar-refractivity contribution is -0.115. The number of nitrogens with one attached hydrogen (secondary N) is 1. The highest BCUT2D eigenvalue weighted by atomic mass is 35.5. The molecular weight excluding hydrogens is 451 g/mol. The van der Waals surface area contributed by atoms with Gasteiger partial charge in [0.25, 0.3) is 0 Å². The summed E-state index contributed by atoms with van der Waals surface area (Å²) in [7, 11) is 0. The molecule has 0 bridgehead atoms. The van der Waals surface area contributed by atoms with Crippen LogP contribution in [0.2, 0.25) is 5.02 Å². The number of carbonyl (C=O) groups excluding carboxylic acids is 2. The Hall–Kier alpha value is -2.62. The molecule has 4 rings (SSSR count). The number of thiazole rings is 1. The summed E-state index contributed by atoms with van der Waals surface area (Å²) in [5.74, 6) is 0.510. The number of carbonyl (C=O) groups is 2. The molecule has 0 radical (unpaired) electrons. The number of hydrogen-bond acceptors (Lipinski definition) is 7. The lowest BCUT2D eigenvalue weighted by Gasteiger charge is -2.05. The number of ketones is 1. The highest BCUT2D eigenvalue weighted by Gasteiger charge is 2.17. The van der Waals surface area contributed by atoms with Crippen LogP contribution in [0.3, 0.4) is 0 Å². The molecule has 0 unspecified atom stereocenters. The number of aromatic nitrogens is 1. The Kier molecular flexibility index (Phi) is 6.21. The Labute approximate surface area is 184 Å². The molecule has 0 aliphatic carbocycles. The monoisotopic (exact) mass is 464 g/mol. The minimum absolute atomic E-state index is 0.0546. The van der Waals surface area contributed by atoms with Gasteiger partial charge in [0.1, 0.15) is 5.82 Å². The number of Topliss-reactive ketones (excluding diaryl/α,β-unsaturated/α-hetero) is 1. The predicted octanol–water partition coefficient (Wildman–Crippen LogP) is 4.82. The summed E-state index contributed by atoms with van der Waals surface area (Å²) < 4.78 is 24.4. The van der Waals surface area contributed by atoms with Crippen LogP contribution in [-0.2, 0) is 11.2 Å². The molecule has 1 aliphatic heterocycles. The third kappa shape index (κ3) is 4.92. The Balaban J connectivity index is 1.30. The van der Waals surface area contributed by atoms with Crippen molar-refractivity contribution in [3.8, 4) is 11.5 Å². The number of fused-ring (bicyclic) bond motifs is 1. The first-order chi connectivity index (χ1) is 14.5. The number of nitrogens with zero attached hydrogens (tertiary/aromatic N) is 1. The maximum Gasteiger partial charge on any atom is 0.231 e. The Bertz CT molecular complexity index is 1120. The van der Waals surface area contributed by atoms with Gasteiger partial charge >= 0.3 is 0 Å². The second kappa shape index (κ2) is 9.03. The number of anilines is 1. The van der Waals surface area contributed by atoms with Crippen LogP contribution in [0.5, 0.6) is 11.5 Å². The zero-order chi connectivity index (χ0) is 21.1. The first-order valence-corrected chi connectivity index (χ1v) is 11.0. The Morgan fingerprint density at radius 1 is 1.20 bits per heavy atom. The fourth-order valence-electron chi connectivity index (χ4n) is 2.66. The summed E-state index contributed by atoms with van der Waals surface area (Å²) in [4.78, 5) is 29.0. The van der Waals surface area contributed by atoms with E-state index in [-0.39, 0.29) is 35.7 Å². The molecular formula is C20H14ClFN2O4S2. The summed E-state index contributed by atoms with van der Waals surface area (Å²) in [6.07, 6.45) is 0.0577. The van der Waals surface area contributed by atoms with E-state index in [1.165, 1.54) is 41.3 Å². The second-order valence-electron chi connectivity index (χ2n) is 6.24. The second-order valence-corrected chi connectivity index (χ2v) is 8.73. The lowest BCUT2D eigenvalue weighted by atomic mass is 10.1. The fraction of sp³-hybridized carbons (Fsp3) is 0.150. The van der Waals surface area contributed by atoms with Gasteiger partial charge in [-0.2, -0.15) is 0 Å². The zero-order valence-corrected chi connectivity index (χ0v) is 17.7. The summed E-state index contributed by atoms with van der Waals surface area (Å²) in [5.41, 5.74) is 1.54. The number of halogens is 2. The van der Waals surface area contributed by atoms with Crippen LogP contribution in [0.4, 0.5) is 10.1 Å². The van der Waals surface area contributed by atoms with Crippen LogP contribution in [0.15, 0.2) is 46.1 Å². The number of rotatable bonds is 7. The van der Waals surface area contributed by atoms with Gasteiger partial charge in [-0.1, -0.05) is 23.4 Å². The number of hydrogen-bond donors (Lipinski definition) is 1. The molecule has 0 spiro atoms. The number of ether oxygens (including phenoxy) is 2. The van der Waals surface area contributed by atoms with Crippen molar-refractivity contribution in [2.75, 3.05) is 17.9 Å². The predicted molar refractivity (Wildman–Crippen MR) is 113 cm³/mol. The van der Waals surface area contributed by atoms with E-state index >= 15 is 0 Å². The molecule has 1 amide bonds. The van der Waals surface area contributed by atoms with Gasteiger partial charge in [0.15, 0.2) is 21.6 Å². The highest BCUT2D eigenvalue weighted by molar-refractivity contribution is 8.01. The van der Waals surface area contributed by atoms with E-state index in [2.05, 4.69) is 10.3 Å². The largest absolute Gasteiger partial charge is 0.454 e. The van der Waals surface area contributed by atoms with Gasteiger partial charge in [-0.25, -0.2) is 9.37 Å². The van der Waals surface area contributed by atoms with Crippen LogP contribution in [0, 0.1) is 5.82 Å². The van der Waals surface area contributed by atoms with Gasteiger partial charge in [-0.15, -0.1) is 11.3 Å². The summed E-state index contributed by atoms with van der Waals surface area (Å²) >= 11 is 8.38. The average Bonchev–Trinajstić information content (AvgIpc) is 3.37. The van der Waals surface area contributed by atoms with Crippen LogP contribution in [-0.4, -0.2) is 29.2 Å². The van der Waals surface area contributed by atoms with Gasteiger partial charge in [0, 0.05) is 16.6 Å². The Morgan fingerprint density at radius 3 is 2.87 bits per heavy atom. The molecule has 154 valence electrons. The molecule has 30 heavy (non-hydrogen) atoms. The van der Waals surface area contributed by atoms with E-state index < -0.39 is 5.82 Å². The SMILES string of the molecule is O=C(Cc1csc(SCC(=O)c2ccc3c(c2)OCO3)n1)Nc1ccc(F)c(Cl)c1. The van der Waals surface area contributed by atoms with Crippen LogP contribution < -0.4 is 14.8 Å². The van der Waals surface area contributed by atoms with Gasteiger partial charge in [-0.05, 0) is 36.4 Å². The van der Waals surface area contributed by atoms with Crippen molar-refractivity contribution in [3.05, 3.63) is 63.9 Å². The topological polar surface area (TPSA) is 77.5 Å². The quantitative estimate of drug-likeness (QED) is 0.399. The number of benzene rings is 2. The molecule has 10 heteroatoms. The first-order valence-electron chi connectivity index (χ1n) is 8.73. The van der Waals surface area contributed by atoms with E-state index in [1.807, 2.05) is 0 Å². The van der Waals surface area contributed by atoms with Crippen molar-refractivity contribution < 1.29 is 23.5 Å². The fourth-order valence-corrected chi connectivity index (χ4v) is 4.58. The summed E-state index contributed by atoms with van der Waals surface area (Å²) in [5, 5.41) is 4.36. The molecule has 6 nitrogen and oxygen atoms in total. The van der Waals surface area contributed by atoms with Crippen molar-refractivity contribution in [1.82, 2.24) is 4.98 Å². The van der Waals surface area contributed by atoms with Gasteiger partial charge < -0.3 is 14.8 Å². The normalized spacial score (nSPS) is 12.1. The molecule has 1 N–H and O–H groups in total. The molecule has 0 saturated carbocycles. The van der Waals surface area contributed by atoms with Crippen molar-refractivity contribution >= 4 is 52.1 Å². The maximum atomic E-state index is 13.2. The Morgan fingerprint density at radius 2 is 2.03 bits per heavy atom. The maximum absolute atomic E-state index is 13.2. The van der Waals surface area contributed by atoms with Crippen molar-refractivity contribution in [1.29, 1.82) is 0 Å². The van der Waals surface area contributed by atoms with Crippen molar-refractivity contribution in [3.63, 3.8) is 0 Å². The van der Waals surface area contributed by atoms with Gasteiger partial charge in [-0.3, -0.25) is 9.59 Å². The zero-order valence-electron chi connectivity index (χ0n) is 15.3. The minimum Gasteiger partial charge on any atom is -0.454 e.